The molecular formula is C19H18F5N3OS. The van der Waals surface area contributed by atoms with Crippen molar-refractivity contribution in [3.63, 3.8) is 0 Å². The smallest absolute Gasteiger partial charge is 0.420 e. The lowest BCUT2D eigenvalue weighted by atomic mass is 10.0. The van der Waals surface area contributed by atoms with Crippen LogP contribution in [0, 0.1) is 17.6 Å². The van der Waals surface area contributed by atoms with Crippen LogP contribution in [-0.2, 0) is 12.6 Å². The van der Waals surface area contributed by atoms with Crippen LogP contribution < -0.4 is 4.74 Å². The zero-order valence-electron chi connectivity index (χ0n) is 15.3. The molecule has 1 aromatic carbocycles. The molecule has 0 spiro atoms. The first-order valence-electron chi connectivity index (χ1n) is 8.79. The largest absolute Gasteiger partial charge is 0.483 e. The molecule has 4 nitrogen and oxygen atoms in total. The Morgan fingerprint density at radius 1 is 1.17 bits per heavy atom. The number of ether oxygens (including phenoxy) is 1. The minimum absolute atomic E-state index is 0. The van der Waals surface area contributed by atoms with Gasteiger partial charge in [0.15, 0.2) is 17.2 Å². The predicted octanol–water partition coefficient (Wildman–Crippen LogP) is 5.23. The molecule has 1 aliphatic carbocycles. The van der Waals surface area contributed by atoms with Crippen molar-refractivity contribution in [2.75, 3.05) is 0 Å². The Kier molecular flexibility index (Phi) is 5.75. The third-order valence-electron chi connectivity index (χ3n) is 4.77. The van der Waals surface area contributed by atoms with Gasteiger partial charge in [-0.15, -0.1) is 10.2 Å². The molecule has 29 heavy (non-hydrogen) atoms. The van der Waals surface area contributed by atoms with Gasteiger partial charge in [-0.05, 0) is 43.9 Å². The second kappa shape index (κ2) is 7.81. The van der Waals surface area contributed by atoms with Crippen LogP contribution in [0.25, 0.3) is 5.65 Å². The lowest BCUT2D eigenvalue weighted by molar-refractivity contribution is -0.138. The highest BCUT2D eigenvalue weighted by atomic mass is 32.1. The van der Waals surface area contributed by atoms with Crippen LogP contribution in [0.5, 0.6) is 5.75 Å². The molecule has 1 aliphatic rings. The van der Waals surface area contributed by atoms with E-state index in [9.17, 15) is 22.0 Å². The van der Waals surface area contributed by atoms with E-state index in [1.165, 1.54) is 23.6 Å². The average molecular weight is 431 g/mol. The van der Waals surface area contributed by atoms with E-state index in [2.05, 4.69) is 10.2 Å². The normalized spacial score (nSPS) is 15.2. The Labute approximate surface area is 170 Å². The van der Waals surface area contributed by atoms with Gasteiger partial charge in [0.25, 0.3) is 0 Å². The van der Waals surface area contributed by atoms with E-state index in [0.717, 1.165) is 25.0 Å². The van der Waals surface area contributed by atoms with Gasteiger partial charge in [0.05, 0.1) is 0 Å². The zero-order valence-corrected chi connectivity index (χ0v) is 16.3. The molecule has 10 heteroatoms. The molecule has 4 rings (SSSR count). The number of benzene rings is 1. The summed E-state index contributed by atoms with van der Waals surface area (Å²) < 4.78 is 75.1. The number of pyridine rings is 1. The van der Waals surface area contributed by atoms with Gasteiger partial charge in [-0.2, -0.15) is 26.7 Å². The van der Waals surface area contributed by atoms with Crippen molar-refractivity contribution in [2.45, 2.75) is 38.5 Å². The molecule has 1 fully saturated rings. The van der Waals surface area contributed by atoms with E-state index in [0.29, 0.717) is 24.2 Å². The number of alkyl halides is 3. The van der Waals surface area contributed by atoms with E-state index in [-0.39, 0.29) is 30.5 Å². The number of aromatic nitrogens is 3. The van der Waals surface area contributed by atoms with E-state index < -0.39 is 29.5 Å². The summed E-state index contributed by atoms with van der Waals surface area (Å²) in [5.41, 5.74) is -1.48. The third kappa shape index (κ3) is 4.31. The number of nitrogens with zero attached hydrogens (tertiary/aromatic N) is 3. The summed E-state index contributed by atoms with van der Waals surface area (Å²) in [6.07, 6.45) is -1.74. The Balaban J connectivity index is 0.00000240. The van der Waals surface area contributed by atoms with Crippen LogP contribution >= 0.6 is 13.5 Å². The van der Waals surface area contributed by atoms with Gasteiger partial charge in [-0.3, -0.25) is 4.40 Å². The maximum absolute atomic E-state index is 13.8. The van der Waals surface area contributed by atoms with E-state index in [1.54, 1.807) is 0 Å². The van der Waals surface area contributed by atoms with E-state index in [1.807, 2.05) is 0 Å². The molecule has 0 saturated heterocycles. The first-order chi connectivity index (χ1) is 13.2. The van der Waals surface area contributed by atoms with Gasteiger partial charge in [0, 0.05) is 24.2 Å². The molecular weight excluding hydrogens is 413 g/mol. The second-order valence-corrected chi connectivity index (χ2v) is 6.94. The average Bonchev–Trinajstić information content (AvgIpc) is 3.34. The maximum Gasteiger partial charge on any atom is 0.420 e. The second-order valence-electron chi connectivity index (χ2n) is 6.94. The molecule has 2 heterocycles. The zero-order chi connectivity index (χ0) is 20.1. The van der Waals surface area contributed by atoms with Gasteiger partial charge in [0.1, 0.15) is 23.3 Å². The summed E-state index contributed by atoms with van der Waals surface area (Å²) in [6, 6.07) is 3.90. The first-order valence-corrected chi connectivity index (χ1v) is 8.79. The molecule has 0 N–H and O–H groups in total. The molecule has 0 unspecified atom stereocenters. The summed E-state index contributed by atoms with van der Waals surface area (Å²) >= 11 is 0. The van der Waals surface area contributed by atoms with E-state index >= 15 is 0 Å². The fourth-order valence-corrected chi connectivity index (χ4v) is 3.19. The summed E-state index contributed by atoms with van der Waals surface area (Å²) in [7, 11) is 0. The number of hydrogen-bond donors (Lipinski definition) is 0. The Hall–Kier alpha value is -2.36. The van der Waals surface area contributed by atoms with Crippen molar-refractivity contribution in [3.8, 4) is 5.75 Å². The van der Waals surface area contributed by atoms with Crippen molar-refractivity contribution in [1.82, 2.24) is 14.6 Å². The molecule has 0 amide bonds. The van der Waals surface area contributed by atoms with Crippen molar-refractivity contribution in [3.05, 3.63) is 59.0 Å². The van der Waals surface area contributed by atoms with Gasteiger partial charge in [-0.1, -0.05) is 0 Å². The van der Waals surface area contributed by atoms with Crippen molar-refractivity contribution >= 4 is 19.1 Å². The molecule has 156 valence electrons. The molecule has 1 atom stereocenters. The topological polar surface area (TPSA) is 39.4 Å². The van der Waals surface area contributed by atoms with Crippen LogP contribution in [-0.4, -0.2) is 14.6 Å². The molecule has 0 bridgehead atoms. The molecule has 0 aliphatic heterocycles. The number of rotatable bonds is 5. The van der Waals surface area contributed by atoms with Crippen LogP contribution in [0.4, 0.5) is 22.0 Å². The number of halogens is 5. The third-order valence-corrected chi connectivity index (χ3v) is 4.77. The molecule has 2 aromatic heterocycles. The van der Waals surface area contributed by atoms with Crippen molar-refractivity contribution in [2.24, 2.45) is 5.92 Å². The van der Waals surface area contributed by atoms with Gasteiger partial charge >= 0.3 is 6.18 Å². The standard InChI is InChI=1S/C19H16F5N3O.H2S/c1-10(28-15-5-4-12(20)9-14(15)21)13-6-7-27-16(8-11-2-3-11)25-26-18(27)17(13)19(22,23)24;/h4-7,9-11H,2-3,8H2,1H3;1H2/t10-;/m0./s1. The predicted molar refractivity (Wildman–Crippen MR) is 100 cm³/mol. The highest BCUT2D eigenvalue weighted by Crippen LogP contribution is 2.39. The highest BCUT2D eigenvalue weighted by molar-refractivity contribution is 7.59. The lowest BCUT2D eigenvalue weighted by Crippen LogP contribution is -2.16. The summed E-state index contributed by atoms with van der Waals surface area (Å²) in [5, 5.41) is 7.69. The first kappa shape index (κ1) is 21.4. The fourth-order valence-electron chi connectivity index (χ4n) is 3.19. The van der Waals surface area contributed by atoms with Crippen LogP contribution in [0.1, 0.15) is 42.8 Å². The SMILES string of the molecule is C[C@H](Oc1ccc(F)cc1F)c1ccn2c(CC3CC3)nnc2c1C(F)(F)F.S. The molecule has 0 radical (unpaired) electrons. The van der Waals surface area contributed by atoms with Crippen molar-refractivity contribution in [1.29, 1.82) is 0 Å². The number of fused-ring (bicyclic) bond motifs is 1. The highest BCUT2D eigenvalue weighted by Gasteiger charge is 2.39. The van der Waals surface area contributed by atoms with Gasteiger partial charge in [0.2, 0.25) is 0 Å². The van der Waals surface area contributed by atoms with Crippen LogP contribution in [0.15, 0.2) is 30.5 Å². The van der Waals surface area contributed by atoms with Crippen molar-refractivity contribution < 1.29 is 26.7 Å². The molecule has 3 aromatic rings. The lowest BCUT2D eigenvalue weighted by Gasteiger charge is -2.20. The maximum atomic E-state index is 13.8. The summed E-state index contributed by atoms with van der Waals surface area (Å²) in [6.45, 7) is 1.37. The quantitative estimate of drug-likeness (QED) is 0.520. The van der Waals surface area contributed by atoms with Gasteiger partial charge in [-0.25, -0.2) is 8.78 Å². The number of hydrogen-bond acceptors (Lipinski definition) is 3. The van der Waals surface area contributed by atoms with Crippen LogP contribution in [0.3, 0.4) is 0 Å². The summed E-state index contributed by atoms with van der Waals surface area (Å²) in [5.74, 6) is -1.21. The Bertz CT molecular complexity index is 1030. The Morgan fingerprint density at radius 3 is 2.52 bits per heavy atom. The molecule has 1 saturated carbocycles. The minimum Gasteiger partial charge on any atom is -0.483 e. The monoisotopic (exact) mass is 431 g/mol. The van der Waals surface area contributed by atoms with Gasteiger partial charge < -0.3 is 4.74 Å². The Morgan fingerprint density at radius 2 is 1.90 bits per heavy atom. The fraction of sp³-hybridized carbons (Fsp3) is 0.368. The summed E-state index contributed by atoms with van der Waals surface area (Å²) in [4.78, 5) is 0. The van der Waals surface area contributed by atoms with E-state index in [4.69, 9.17) is 4.74 Å². The van der Waals surface area contributed by atoms with Crippen LogP contribution in [0.2, 0.25) is 0 Å². The minimum atomic E-state index is -4.71.